The van der Waals surface area contributed by atoms with Crippen LogP contribution in [0.25, 0.3) is 0 Å². The molecule has 0 saturated heterocycles. The second kappa shape index (κ2) is 8.00. The molecule has 1 aromatic heterocycles. The minimum absolute atomic E-state index is 0.0670. The van der Waals surface area contributed by atoms with Crippen LogP contribution < -0.4 is 10.6 Å². The number of benzene rings is 1. The van der Waals surface area contributed by atoms with E-state index >= 15 is 0 Å². The highest BCUT2D eigenvalue weighted by atomic mass is 32.1. The summed E-state index contributed by atoms with van der Waals surface area (Å²) in [5, 5.41) is 5.40. The van der Waals surface area contributed by atoms with Crippen LogP contribution in [0, 0.1) is 0 Å². The summed E-state index contributed by atoms with van der Waals surface area (Å²) in [5.74, 6) is -0.905. The number of carbonyl (C=O) groups is 2. The summed E-state index contributed by atoms with van der Waals surface area (Å²) in [7, 11) is 0. The zero-order valence-electron chi connectivity index (χ0n) is 12.4. The van der Waals surface area contributed by atoms with E-state index in [1.807, 2.05) is 6.07 Å². The number of pyridine rings is 1. The Morgan fingerprint density at radius 3 is 2.61 bits per heavy atom. The Morgan fingerprint density at radius 1 is 1.17 bits per heavy atom. The smallest absolute Gasteiger partial charge is 0.359 e. The molecule has 2 rings (SSSR count). The van der Waals surface area contributed by atoms with Crippen molar-refractivity contribution in [2.24, 2.45) is 0 Å². The van der Waals surface area contributed by atoms with Gasteiger partial charge in [0, 0.05) is 11.8 Å². The lowest BCUT2D eigenvalue weighted by Crippen LogP contribution is -2.34. The quantitative estimate of drug-likeness (QED) is 0.662. The third-order valence-corrected chi connectivity index (χ3v) is 2.99. The second-order valence-corrected chi connectivity index (χ2v) is 4.80. The van der Waals surface area contributed by atoms with E-state index in [0.717, 1.165) is 0 Å². The number of carbonyl (C=O) groups excluding carboxylic acids is 2. The Balaban J connectivity index is 2.06. The van der Waals surface area contributed by atoms with Crippen molar-refractivity contribution in [2.45, 2.75) is 6.92 Å². The van der Waals surface area contributed by atoms with E-state index in [-0.39, 0.29) is 23.3 Å². The lowest BCUT2D eigenvalue weighted by atomic mass is 10.2. The number of hydrogen-bond acceptors (Lipinski definition) is 5. The average Bonchev–Trinajstić information content (AvgIpc) is 2.56. The molecule has 0 saturated carbocycles. The topological polar surface area (TPSA) is 80.3 Å². The fraction of sp³-hybridized carbons (Fsp3) is 0.125. The largest absolute Gasteiger partial charge is 0.461 e. The van der Waals surface area contributed by atoms with Crippen LogP contribution in [-0.2, 0) is 4.74 Å². The molecular formula is C16H15N3O3S. The molecule has 1 heterocycles. The van der Waals surface area contributed by atoms with Crippen molar-refractivity contribution in [1.29, 1.82) is 0 Å². The molecule has 0 fully saturated rings. The van der Waals surface area contributed by atoms with Gasteiger partial charge in [-0.25, -0.2) is 9.78 Å². The van der Waals surface area contributed by atoms with E-state index in [0.29, 0.717) is 11.3 Å². The SMILES string of the molecule is CCOC(=O)c1ncccc1NC(=S)NC(=O)c1ccccc1. The van der Waals surface area contributed by atoms with Gasteiger partial charge in [0.25, 0.3) is 5.91 Å². The lowest BCUT2D eigenvalue weighted by molar-refractivity contribution is 0.0520. The van der Waals surface area contributed by atoms with Crippen LogP contribution in [0.4, 0.5) is 5.69 Å². The number of esters is 1. The van der Waals surface area contributed by atoms with Crippen LogP contribution in [0.5, 0.6) is 0 Å². The molecule has 0 aliphatic rings. The highest BCUT2D eigenvalue weighted by Crippen LogP contribution is 2.13. The lowest BCUT2D eigenvalue weighted by Gasteiger charge is -2.12. The van der Waals surface area contributed by atoms with Gasteiger partial charge < -0.3 is 10.1 Å². The van der Waals surface area contributed by atoms with Crippen molar-refractivity contribution in [3.8, 4) is 0 Å². The maximum absolute atomic E-state index is 12.0. The monoisotopic (exact) mass is 329 g/mol. The van der Waals surface area contributed by atoms with E-state index in [4.69, 9.17) is 17.0 Å². The fourth-order valence-electron chi connectivity index (χ4n) is 1.79. The van der Waals surface area contributed by atoms with Gasteiger partial charge in [-0.1, -0.05) is 18.2 Å². The number of amides is 1. The Morgan fingerprint density at radius 2 is 1.91 bits per heavy atom. The van der Waals surface area contributed by atoms with E-state index in [1.54, 1.807) is 43.3 Å². The third kappa shape index (κ3) is 4.58. The number of ether oxygens (including phenoxy) is 1. The zero-order chi connectivity index (χ0) is 16.7. The van der Waals surface area contributed by atoms with E-state index in [1.165, 1.54) is 6.20 Å². The van der Waals surface area contributed by atoms with Gasteiger partial charge in [-0.3, -0.25) is 10.1 Å². The predicted molar refractivity (Wildman–Crippen MR) is 90.3 cm³/mol. The molecule has 0 radical (unpaired) electrons. The summed E-state index contributed by atoms with van der Waals surface area (Å²) in [6, 6.07) is 11.9. The molecule has 7 heteroatoms. The van der Waals surface area contributed by atoms with Crippen LogP contribution in [0.3, 0.4) is 0 Å². The molecule has 6 nitrogen and oxygen atoms in total. The summed E-state index contributed by atoms with van der Waals surface area (Å²) in [6.45, 7) is 1.95. The minimum atomic E-state index is -0.562. The van der Waals surface area contributed by atoms with Crippen molar-refractivity contribution in [2.75, 3.05) is 11.9 Å². The van der Waals surface area contributed by atoms with E-state index in [2.05, 4.69) is 15.6 Å². The molecule has 23 heavy (non-hydrogen) atoms. The predicted octanol–water partition coefficient (Wildman–Crippen LogP) is 2.39. The molecule has 2 N–H and O–H groups in total. The number of nitrogens with zero attached hydrogens (tertiary/aromatic N) is 1. The molecule has 0 atom stereocenters. The highest BCUT2D eigenvalue weighted by molar-refractivity contribution is 7.80. The van der Waals surface area contributed by atoms with Gasteiger partial charge in [-0.05, 0) is 43.4 Å². The Labute approximate surface area is 138 Å². The van der Waals surface area contributed by atoms with Crippen molar-refractivity contribution in [1.82, 2.24) is 10.3 Å². The first kappa shape index (κ1) is 16.6. The molecule has 118 valence electrons. The van der Waals surface area contributed by atoms with Crippen LogP contribution in [0.15, 0.2) is 48.7 Å². The number of aromatic nitrogens is 1. The fourth-order valence-corrected chi connectivity index (χ4v) is 1.99. The number of rotatable bonds is 4. The number of nitrogens with one attached hydrogen (secondary N) is 2. The summed E-state index contributed by atoms with van der Waals surface area (Å²) >= 11 is 5.10. The van der Waals surface area contributed by atoms with Gasteiger partial charge in [0.15, 0.2) is 10.8 Å². The van der Waals surface area contributed by atoms with Crippen LogP contribution >= 0.6 is 12.2 Å². The second-order valence-electron chi connectivity index (χ2n) is 4.39. The van der Waals surface area contributed by atoms with Crippen molar-refractivity contribution in [3.05, 3.63) is 59.9 Å². The van der Waals surface area contributed by atoms with Crippen molar-refractivity contribution < 1.29 is 14.3 Å². The first-order chi connectivity index (χ1) is 11.1. The highest BCUT2D eigenvalue weighted by Gasteiger charge is 2.15. The minimum Gasteiger partial charge on any atom is -0.461 e. The Hall–Kier alpha value is -2.80. The van der Waals surface area contributed by atoms with Gasteiger partial charge >= 0.3 is 5.97 Å². The molecule has 0 aliphatic heterocycles. The molecule has 2 aromatic rings. The standard InChI is InChI=1S/C16H15N3O3S/c1-2-22-15(21)13-12(9-6-10-17-13)18-16(23)19-14(20)11-7-4-3-5-8-11/h3-10H,2H2,1H3,(H2,18,19,20,23). The van der Waals surface area contributed by atoms with Gasteiger partial charge in [0.1, 0.15) is 0 Å². The van der Waals surface area contributed by atoms with Crippen LogP contribution in [0.2, 0.25) is 0 Å². The molecule has 1 aromatic carbocycles. The van der Waals surface area contributed by atoms with Crippen LogP contribution in [-0.4, -0.2) is 28.6 Å². The van der Waals surface area contributed by atoms with Gasteiger partial charge in [0.2, 0.25) is 0 Å². The van der Waals surface area contributed by atoms with Gasteiger partial charge in [-0.2, -0.15) is 0 Å². The van der Waals surface area contributed by atoms with E-state index < -0.39 is 5.97 Å². The zero-order valence-corrected chi connectivity index (χ0v) is 13.2. The summed E-state index contributed by atoms with van der Waals surface area (Å²) < 4.78 is 4.93. The normalized spacial score (nSPS) is 9.78. The molecule has 1 amide bonds. The van der Waals surface area contributed by atoms with Crippen molar-refractivity contribution in [3.63, 3.8) is 0 Å². The molecular weight excluding hydrogens is 314 g/mol. The summed E-state index contributed by atoms with van der Waals surface area (Å²) in [4.78, 5) is 27.8. The third-order valence-electron chi connectivity index (χ3n) is 2.79. The first-order valence-corrected chi connectivity index (χ1v) is 7.32. The van der Waals surface area contributed by atoms with E-state index in [9.17, 15) is 9.59 Å². The van der Waals surface area contributed by atoms with Crippen LogP contribution in [0.1, 0.15) is 27.8 Å². The number of thiocarbonyl (C=S) groups is 1. The van der Waals surface area contributed by atoms with Crippen molar-refractivity contribution >= 4 is 34.9 Å². The Kier molecular flexibility index (Phi) is 5.76. The van der Waals surface area contributed by atoms with Gasteiger partial charge in [0.05, 0.1) is 12.3 Å². The van der Waals surface area contributed by atoms with Gasteiger partial charge in [-0.15, -0.1) is 0 Å². The number of hydrogen-bond donors (Lipinski definition) is 2. The molecule has 0 unspecified atom stereocenters. The molecule has 0 aliphatic carbocycles. The maximum atomic E-state index is 12.0. The summed E-state index contributed by atoms with van der Waals surface area (Å²) in [5.41, 5.74) is 0.948. The molecule has 0 bridgehead atoms. The maximum Gasteiger partial charge on any atom is 0.359 e. The number of anilines is 1. The summed E-state index contributed by atoms with van der Waals surface area (Å²) in [6.07, 6.45) is 1.48. The first-order valence-electron chi connectivity index (χ1n) is 6.91. The molecule has 0 spiro atoms. The Bertz CT molecular complexity index is 720. The average molecular weight is 329 g/mol.